The molecule has 0 aromatic heterocycles. The molecule has 6 nitrogen and oxygen atoms in total. The van der Waals surface area contributed by atoms with Crippen LogP contribution in [0.25, 0.3) is 0 Å². The number of oxime groups is 1. The minimum atomic E-state index is -0.243. The molecule has 0 saturated heterocycles. The summed E-state index contributed by atoms with van der Waals surface area (Å²) in [6, 6.07) is 12.9. The normalized spacial score (nSPS) is 15.4. The number of carbonyl (C=O) groups is 1. The van der Waals surface area contributed by atoms with Gasteiger partial charge in [-0.3, -0.25) is 0 Å². The van der Waals surface area contributed by atoms with E-state index in [0.717, 1.165) is 22.6 Å². The molecule has 0 fully saturated rings. The fourth-order valence-corrected chi connectivity index (χ4v) is 3.39. The van der Waals surface area contributed by atoms with Crippen LogP contribution in [-0.4, -0.2) is 42.9 Å². The van der Waals surface area contributed by atoms with Crippen LogP contribution in [0.15, 0.2) is 47.6 Å². The van der Waals surface area contributed by atoms with E-state index in [4.69, 9.17) is 32.8 Å². The van der Waals surface area contributed by atoms with E-state index in [1.165, 1.54) is 0 Å². The Kier molecular flexibility index (Phi) is 7.23. The maximum Gasteiger partial charge on any atom is 0.317 e. The van der Waals surface area contributed by atoms with E-state index in [1.54, 1.807) is 24.1 Å². The van der Waals surface area contributed by atoms with Crippen molar-refractivity contribution in [2.45, 2.75) is 26.0 Å². The lowest BCUT2D eigenvalue weighted by molar-refractivity contribution is 0.0590. The Labute approximate surface area is 180 Å². The van der Waals surface area contributed by atoms with Gasteiger partial charge in [-0.15, -0.1) is 0 Å². The molecule has 1 unspecified atom stereocenters. The van der Waals surface area contributed by atoms with Crippen molar-refractivity contribution in [1.29, 1.82) is 0 Å². The molecular weight excluding hydrogens is 413 g/mol. The molecule has 0 radical (unpaired) electrons. The van der Waals surface area contributed by atoms with Gasteiger partial charge in [0.15, 0.2) is 6.10 Å². The number of nitrogens with one attached hydrogen (secondary N) is 1. The lowest BCUT2D eigenvalue weighted by Crippen LogP contribution is -2.43. The number of ether oxygens (including phenoxy) is 1. The Hall–Kier alpha value is -2.44. The number of urea groups is 1. The molecule has 1 aliphatic rings. The number of carbonyl (C=O) groups excluding carboxylic acids is 1. The van der Waals surface area contributed by atoms with Gasteiger partial charge in [-0.25, -0.2) is 4.79 Å². The number of nitrogens with zero attached hydrogens (tertiary/aromatic N) is 2. The first-order valence-corrected chi connectivity index (χ1v) is 10.1. The van der Waals surface area contributed by atoms with Crippen LogP contribution in [0.3, 0.4) is 0 Å². The number of hydrogen-bond donors (Lipinski definition) is 1. The van der Waals surface area contributed by atoms with Crippen LogP contribution in [0.5, 0.6) is 5.75 Å². The highest BCUT2D eigenvalue weighted by Crippen LogP contribution is 2.26. The van der Waals surface area contributed by atoms with Crippen molar-refractivity contribution in [3.8, 4) is 5.75 Å². The Balaban J connectivity index is 1.68. The highest BCUT2D eigenvalue weighted by atomic mass is 35.5. The van der Waals surface area contributed by atoms with Gasteiger partial charge in [-0.2, -0.15) is 0 Å². The third-order valence-corrected chi connectivity index (χ3v) is 5.27. The van der Waals surface area contributed by atoms with E-state index in [0.29, 0.717) is 36.1 Å². The first-order chi connectivity index (χ1) is 14.0. The standard InChI is InChI=1S/C21H23Cl2N3O3/c1-3-24-21(27)26(12-14-5-4-6-16(9-14)28-2)13-17-11-20(25-29-17)15-7-8-18(22)19(23)10-15/h4-10,17H,3,11-13H2,1-2H3,(H,24,27). The predicted octanol–water partition coefficient (Wildman–Crippen LogP) is 4.73. The number of methoxy groups -OCH3 is 1. The monoisotopic (exact) mass is 435 g/mol. The average Bonchev–Trinajstić information content (AvgIpc) is 3.18. The highest BCUT2D eigenvalue weighted by Gasteiger charge is 2.27. The average molecular weight is 436 g/mol. The molecule has 1 aliphatic heterocycles. The van der Waals surface area contributed by atoms with Crippen LogP contribution in [0.4, 0.5) is 4.79 Å². The van der Waals surface area contributed by atoms with Gasteiger partial charge in [0.2, 0.25) is 0 Å². The van der Waals surface area contributed by atoms with Crippen molar-refractivity contribution in [1.82, 2.24) is 10.2 Å². The van der Waals surface area contributed by atoms with Gasteiger partial charge in [0.05, 0.1) is 29.4 Å². The second-order valence-corrected chi connectivity index (χ2v) is 7.48. The summed E-state index contributed by atoms with van der Waals surface area (Å²) < 4.78 is 5.28. The first-order valence-electron chi connectivity index (χ1n) is 9.34. The third-order valence-electron chi connectivity index (χ3n) is 4.53. The number of rotatable bonds is 7. The molecule has 1 N–H and O–H groups in total. The van der Waals surface area contributed by atoms with E-state index in [2.05, 4.69) is 10.5 Å². The molecule has 0 aliphatic carbocycles. The van der Waals surface area contributed by atoms with Gasteiger partial charge >= 0.3 is 6.03 Å². The topological polar surface area (TPSA) is 63.2 Å². The van der Waals surface area contributed by atoms with Gasteiger partial charge in [0, 0.05) is 25.1 Å². The van der Waals surface area contributed by atoms with Crippen LogP contribution in [0, 0.1) is 0 Å². The second-order valence-electron chi connectivity index (χ2n) is 6.67. The molecule has 1 atom stereocenters. The fourth-order valence-electron chi connectivity index (χ4n) is 3.09. The van der Waals surface area contributed by atoms with Crippen LogP contribution in [0.2, 0.25) is 10.0 Å². The van der Waals surface area contributed by atoms with Gasteiger partial charge in [0.25, 0.3) is 0 Å². The van der Waals surface area contributed by atoms with Crippen molar-refractivity contribution < 1.29 is 14.4 Å². The zero-order chi connectivity index (χ0) is 20.8. The minimum absolute atomic E-state index is 0.151. The predicted molar refractivity (Wildman–Crippen MR) is 115 cm³/mol. The lowest BCUT2D eigenvalue weighted by Gasteiger charge is -2.25. The summed E-state index contributed by atoms with van der Waals surface area (Å²) in [5.41, 5.74) is 2.62. The van der Waals surface area contributed by atoms with E-state index >= 15 is 0 Å². The van der Waals surface area contributed by atoms with Crippen LogP contribution in [0.1, 0.15) is 24.5 Å². The molecule has 2 aromatic carbocycles. The lowest BCUT2D eigenvalue weighted by atomic mass is 10.0. The van der Waals surface area contributed by atoms with E-state index in [9.17, 15) is 4.79 Å². The summed E-state index contributed by atoms with van der Waals surface area (Å²) in [5, 5.41) is 8.01. The van der Waals surface area contributed by atoms with Gasteiger partial charge in [0.1, 0.15) is 5.75 Å². The van der Waals surface area contributed by atoms with Crippen molar-refractivity contribution in [3.05, 3.63) is 63.6 Å². The maximum atomic E-state index is 12.6. The molecule has 1 heterocycles. The molecule has 0 saturated carbocycles. The summed E-state index contributed by atoms with van der Waals surface area (Å²) in [5.74, 6) is 0.751. The van der Waals surface area contributed by atoms with E-state index in [-0.39, 0.29) is 12.1 Å². The SMILES string of the molecule is CCNC(=O)N(Cc1cccc(OC)c1)CC1CC(c2ccc(Cl)c(Cl)c2)=NO1. The van der Waals surface area contributed by atoms with Crippen molar-refractivity contribution in [2.24, 2.45) is 5.16 Å². The van der Waals surface area contributed by atoms with Crippen LogP contribution >= 0.6 is 23.2 Å². The van der Waals surface area contributed by atoms with Crippen molar-refractivity contribution >= 4 is 34.9 Å². The van der Waals surface area contributed by atoms with Crippen molar-refractivity contribution in [2.75, 3.05) is 20.2 Å². The molecule has 154 valence electrons. The molecule has 8 heteroatoms. The minimum Gasteiger partial charge on any atom is -0.497 e. The molecular formula is C21H23Cl2N3O3. The summed E-state index contributed by atoms with van der Waals surface area (Å²) in [7, 11) is 1.62. The molecule has 29 heavy (non-hydrogen) atoms. The van der Waals surface area contributed by atoms with Crippen LogP contribution in [-0.2, 0) is 11.4 Å². The fraction of sp³-hybridized carbons (Fsp3) is 0.333. The Bertz CT molecular complexity index is 904. The Morgan fingerprint density at radius 1 is 1.28 bits per heavy atom. The summed E-state index contributed by atoms with van der Waals surface area (Å²) in [4.78, 5) is 19.9. The highest BCUT2D eigenvalue weighted by molar-refractivity contribution is 6.42. The second kappa shape index (κ2) is 9.85. The molecule has 2 amide bonds. The van der Waals surface area contributed by atoms with E-state index in [1.807, 2.05) is 37.3 Å². The molecule has 3 rings (SSSR count). The maximum absolute atomic E-state index is 12.6. The summed E-state index contributed by atoms with van der Waals surface area (Å²) in [6.45, 7) is 3.27. The zero-order valence-electron chi connectivity index (χ0n) is 16.3. The quantitative estimate of drug-likeness (QED) is 0.683. The largest absolute Gasteiger partial charge is 0.497 e. The Morgan fingerprint density at radius 2 is 2.10 bits per heavy atom. The number of halogens is 2. The molecule has 0 spiro atoms. The Morgan fingerprint density at radius 3 is 2.83 bits per heavy atom. The smallest absolute Gasteiger partial charge is 0.317 e. The zero-order valence-corrected chi connectivity index (χ0v) is 17.8. The third kappa shape index (κ3) is 5.55. The summed E-state index contributed by atoms with van der Waals surface area (Å²) in [6.07, 6.45) is 0.332. The van der Waals surface area contributed by atoms with Gasteiger partial charge < -0.3 is 19.8 Å². The first kappa shape index (κ1) is 21.3. The number of benzene rings is 2. The van der Waals surface area contributed by atoms with Gasteiger partial charge in [-0.05, 0) is 36.8 Å². The van der Waals surface area contributed by atoms with E-state index < -0.39 is 0 Å². The van der Waals surface area contributed by atoms with Crippen LogP contribution < -0.4 is 10.1 Å². The molecule has 2 aromatic rings. The summed E-state index contributed by atoms with van der Waals surface area (Å²) >= 11 is 12.1. The number of amides is 2. The van der Waals surface area contributed by atoms with Crippen molar-refractivity contribution in [3.63, 3.8) is 0 Å². The molecule has 0 bridgehead atoms. The van der Waals surface area contributed by atoms with Gasteiger partial charge in [-0.1, -0.05) is 46.6 Å². The number of hydrogen-bond acceptors (Lipinski definition) is 4.